The van der Waals surface area contributed by atoms with Crippen LogP contribution in [0.5, 0.6) is 0 Å². The Hall–Kier alpha value is -0.673. The maximum atomic E-state index is 12.9. The van der Waals surface area contributed by atoms with E-state index in [4.69, 9.17) is 4.43 Å². The normalized spacial score (nSPS) is 41.1. The van der Waals surface area contributed by atoms with Crippen LogP contribution in [0.1, 0.15) is 98.8 Å². The summed E-state index contributed by atoms with van der Waals surface area (Å²) in [5.41, 5.74) is 2.06. The van der Waals surface area contributed by atoms with Crippen molar-refractivity contribution in [3.63, 3.8) is 0 Å². The topological polar surface area (TPSA) is 26.3 Å². The highest BCUT2D eigenvalue weighted by Gasteiger charge is 2.60. The van der Waals surface area contributed by atoms with E-state index in [2.05, 4.69) is 60.4 Å². The van der Waals surface area contributed by atoms with Gasteiger partial charge in [0.05, 0.1) is 6.10 Å². The summed E-state index contributed by atoms with van der Waals surface area (Å²) >= 11 is 0. The quantitative estimate of drug-likeness (QED) is 0.221. The minimum atomic E-state index is -1.77. The Kier molecular flexibility index (Phi) is 6.75. The lowest BCUT2D eigenvalue weighted by Crippen LogP contribution is -2.54. The lowest BCUT2D eigenvalue weighted by molar-refractivity contribution is -0.123. The van der Waals surface area contributed by atoms with Crippen molar-refractivity contribution in [3.8, 4) is 0 Å². The standard InChI is InChI=1S/C30H50O2Si/c1-9-10-11-12-21-20-30(6)22(19-26(21)31)13-14-23-24-15-16-27(29(24,5)18-17-25(23)30)32-33(7,8)28(2,3)4/h9,19,21,23-25,27H,1,10-18,20H2,2-8H3/t21?,23-,24-,25-,27-,29-,30-/m0/s1. The van der Waals surface area contributed by atoms with E-state index in [9.17, 15) is 4.79 Å². The molecular formula is C30H50O2Si. The molecule has 4 aliphatic rings. The molecule has 0 aromatic rings. The van der Waals surface area contributed by atoms with Crippen LogP contribution in [0, 0.1) is 34.5 Å². The third-order valence-corrected chi connectivity index (χ3v) is 15.7. The number of hydrogen-bond acceptors (Lipinski definition) is 2. The van der Waals surface area contributed by atoms with E-state index in [-0.39, 0.29) is 16.4 Å². The van der Waals surface area contributed by atoms with Gasteiger partial charge in [-0.05, 0) is 117 Å². The molecule has 0 saturated heterocycles. The second kappa shape index (κ2) is 8.77. The lowest BCUT2D eigenvalue weighted by atomic mass is 9.46. The smallest absolute Gasteiger partial charge is 0.192 e. The van der Waals surface area contributed by atoms with E-state index in [0.29, 0.717) is 17.3 Å². The molecule has 0 amide bonds. The number of rotatable bonds is 6. The maximum Gasteiger partial charge on any atom is 0.192 e. The number of hydrogen-bond donors (Lipinski definition) is 0. The van der Waals surface area contributed by atoms with Crippen LogP contribution in [0.25, 0.3) is 0 Å². The number of ketones is 1. The summed E-state index contributed by atoms with van der Waals surface area (Å²) in [6.45, 7) is 21.0. The second-order valence-electron chi connectivity index (χ2n) is 14.0. The van der Waals surface area contributed by atoms with Gasteiger partial charge in [0, 0.05) is 5.92 Å². The van der Waals surface area contributed by atoms with Crippen LogP contribution in [0.2, 0.25) is 18.1 Å². The highest BCUT2D eigenvalue weighted by atomic mass is 28.4. The minimum Gasteiger partial charge on any atom is -0.413 e. The molecule has 33 heavy (non-hydrogen) atoms. The molecule has 0 aromatic heterocycles. The molecular weight excluding hydrogens is 420 g/mol. The Morgan fingerprint density at radius 1 is 1.15 bits per heavy atom. The van der Waals surface area contributed by atoms with Gasteiger partial charge in [0.2, 0.25) is 0 Å². The second-order valence-corrected chi connectivity index (χ2v) is 18.8. The Labute approximate surface area is 205 Å². The number of unbranched alkanes of at least 4 members (excludes halogenated alkanes) is 1. The summed E-state index contributed by atoms with van der Waals surface area (Å²) in [6.07, 6.45) is 16.4. The van der Waals surface area contributed by atoms with Gasteiger partial charge < -0.3 is 4.43 Å². The predicted molar refractivity (Wildman–Crippen MR) is 142 cm³/mol. The Bertz CT molecular complexity index is 805. The summed E-state index contributed by atoms with van der Waals surface area (Å²) in [4.78, 5) is 12.9. The van der Waals surface area contributed by atoms with Crippen molar-refractivity contribution in [2.45, 2.75) is 123 Å². The van der Waals surface area contributed by atoms with Crippen molar-refractivity contribution in [3.05, 3.63) is 24.3 Å². The Balaban J connectivity index is 1.54. The van der Waals surface area contributed by atoms with Crippen LogP contribution < -0.4 is 0 Å². The van der Waals surface area contributed by atoms with E-state index in [1.165, 1.54) is 37.7 Å². The van der Waals surface area contributed by atoms with Crippen LogP contribution in [0.3, 0.4) is 0 Å². The molecule has 3 saturated carbocycles. The molecule has 1 unspecified atom stereocenters. The zero-order valence-corrected chi connectivity index (χ0v) is 23.6. The first-order chi connectivity index (χ1) is 15.3. The van der Waals surface area contributed by atoms with Gasteiger partial charge in [-0.1, -0.05) is 46.3 Å². The Morgan fingerprint density at radius 3 is 2.55 bits per heavy atom. The highest BCUT2D eigenvalue weighted by Crippen LogP contribution is 2.66. The largest absolute Gasteiger partial charge is 0.413 e. The van der Waals surface area contributed by atoms with Crippen molar-refractivity contribution in [2.24, 2.45) is 34.5 Å². The predicted octanol–water partition coefficient (Wildman–Crippen LogP) is 8.49. The van der Waals surface area contributed by atoms with Crippen LogP contribution in [0.15, 0.2) is 24.3 Å². The van der Waals surface area contributed by atoms with Gasteiger partial charge in [0.15, 0.2) is 14.1 Å². The fraction of sp³-hybridized carbons (Fsp3) is 0.833. The molecule has 4 rings (SSSR count). The Morgan fingerprint density at radius 2 is 1.88 bits per heavy atom. The van der Waals surface area contributed by atoms with Gasteiger partial charge in [-0.25, -0.2) is 0 Å². The average Bonchev–Trinajstić information content (AvgIpc) is 3.04. The van der Waals surface area contributed by atoms with Crippen LogP contribution in [-0.2, 0) is 9.22 Å². The van der Waals surface area contributed by atoms with Crippen molar-refractivity contribution in [2.75, 3.05) is 0 Å². The van der Waals surface area contributed by atoms with E-state index >= 15 is 0 Å². The molecule has 186 valence electrons. The maximum absolute atomic E-state index is 12.9. The number of carbonyl (C=O) groups excluding carboxylic acids is 1. The van der Waals surface area contributed by atoms with Gasteiger partial charge in [-0.3, -0.25) is 4.79 Å². The number of allylic oxidation sites excluding steroid dienone is 2. The zero-order valence-electron chi connectivity index (χ0n) is 22.6. The fourth-order valence-electron chi connectivity index (χ4n) is 8.18. The molecule has 7 atom stereocenters. The van der Waals surface area contributed by atoms with Crippen molar-refractivity contribution in [1.82, 2.24) is 0 Å². The van der Waals surface area contributed by atoms with Crippen LogP contribution in [0.4, 0.5) is 0 Å². The van der Waals surface area contributed by atoms with E-state index in [1.54, 1.807) is 0 Å². The summed E-state index contributed by atoms with van der Waals surface area (Å²) in [6, 6.07) is 0. The van der Waals surface area contributed by atoms with E-state index < -0.39 is 8.32 Å². The van der Waals surface area contributed by atoms with Crippen LogP contribution >= 0.6 is 0 Å². The molecule has 0 aromatic carbocycles. The van der Waals surface area contributed by atoms with Crippen molar-refractivity contribution in [1.29, 1.82) is 0 Å². The molecule has 0 spiro atoms. The number of carbonyl (C=O) groups is 1. The number of fused-ring (bicyclic) bond motifs is 5. The van der Waals surface area contributed by atoms with Crippen molar-refractivity contribution < 1.29 is 9.22 Å². The van der Waals surface area contributed by atoms with Gasteiger partial charge in [-0.2, -0.15) is 0 Å². The fourth-order valence-corrected chi connectivity index (χ4v) is 9.63. The molecule has 3 heteroatoms. The molecule has 3 fully saturated rings. The van der Waals surface area contributed by atoms with Crippen molar-refractivity contribution >= 4 is 14.1 Å². The summed E-state index contributed by atoms with van der Waals surface area (Å²) in [5.74, 6) is 2.98. The molecule has 4 aliphatic carbocycles. The molecule has 0 N–H and O–H groups in total. The summed E-state index contributed by atoms with van der Waals surface area (Å²) in [7, 11) is -1.77. The van der Waals surface area contributed by atoms with Gasteiger partial charge in [0.1, 0.15) is 0 Å². The van der Waals surface area contributed by atoms with Gasteiger partial charge in [0.25, 0.3) is 0 Å². The molecule has 0 radical (unpaired) electrons. The van der Waals surface area contributed by atoms with Crippen LogP contribution in [-0.4, -0.2) is 20.2 Å². The first-order valence-corrected chi connectivity index (χ1v) is 16.8. The summed E-state index contributed by atoms with van der Waals surface area (Å²) < 4.78 is 7.11. The first kappa shape index (κ1) is 25.4. The van der Waals surface area contributed by atoms with Gasteiger partial charge in [-0.15, -0.1) is 6.58 Å². The first-order valence-electron chi connectivity index (χ1n) is 13.9. The van der Waals surface area contributed by atoms with E-state index in [0.717, 1.165) is 49.9 Å². The highest BCUT2D eigenvalue weighted by molar-refractivity contribution is 6.74. The third kappa shape index (κ3) is 4.28. The molecule has 2 nitrogen and oxygen atoms in total. The SMILES string of the molecule is C=CCCCC1C[C@@]2(C)C(=CC1=O)CC[C@H]1[C@@H]3CC[C@H](O[Si](C)(C)C(C)(C)C)[C@@]3(C)CC[C@@H]12. The summed E-state index contributed by atoms with van der Waals surface area (Å²) in [5, 5.41) is 0.270. The molecule has 0 bridgehead atoms. The monoisotopic (exact) mass is 470 g/mol. The third-order valence-electron chi connectivity index (χ3n) is 11.2. The van der Waals surface area contributed by atoms with E-state index in [1.807, 2.05) is 6.08 Å². The average molecular weight is 471 g/mol. The van der Waals surface area contributed by atoms with Gasteiger partial charge >= 0.3 is 0 Å². The zero-order chi connectivity index (χ0) is 24.2. The lowest BCUT2D eigenvalue weighted by Gasteiger charge is -2.59. The molecule has 0 heterocycles. The molecule has 0 aliphatic heterocycles. The minimum absolute atomic E-state index is 0.226.